The summed E-state index contributed by atoms with van der Waals surface area (Å²) >= 11 is 0. The number of halogens is 3. The summed E-state index contributed by atoms with van der Waals surface area (Å²) in [6.45, 7) is 1.84. The Bertz CT molecular complexity index is 873. The van der Waals surface area contributed by atoms with Gasteiger partial charge >= 0.3 is 6.18 Å². The molecule has 1 aromatic carbocycles. The van der Waals surface area contributed by atoms with Gasteiger partial charge < -0.3 is 4.98 Å². The summed E-state index contributed by atoms with van der Waals surface area (Å²) in [7, 11) is -3.48. The number of aromatic amines is 1. The van der Waals surface area contributed by atoms with Crippen molar-refractivity contribution in [2.75, 3.05) is 5.75 Å². The number of sulfone groups is 1. The molecule has 0 aliphatic heterocycles. The van der Waals surface area contributed by atoms with Crippen LogP contribution in [-0.2, 0) is 21.8 Å². The summed E-state index contributed by atoms with van der Waals surface area (Å²) in [6, 6.07) is 2.56. The van der Waals surface area contributed by atoms with Crippen LogP contribution in [-0.4, -0.2) is 24.1 Å². The van der Waals surface area contributed by atoms with E-state index >= 15 is 0 Å². The maximum atomic E-state index is 12.7. The zero-order chi connectivity index (χ0) is 17.3. The van der Waals surface area contributed by atoms with Gasteiger partial charge in [-0.1, -0.05) is 13.3 Å². The van der Waals surface area contributed by atoms with Crippen LogP contribution < -0.4 is 5.56 Å². The van der Waals surface area contributed by atoms with Crippen molar-refractivity contribution in [3.8, 4) is 0 Å². The Labute approximate surface area is 130 Å². The summed E-state index contributed by atoms with van der Waals surface area (Å²) < 4.78 is 61.9. The van der Waals surface area contributed by atoms with E-state index in [1.54, 1.807) is 0 Å². The molecule has 2 aromatic rings. The molecule has 9 heteroatoms. The quantitative estimate of drug-likeness (QED) is 0.901. The molecule has 5 nitrogen and oxygen atoms in total. The van der Waals surface area contributed by atoms with E-state index in [1.165, 1.54) is 0 Å². The predicted molar refractivity (Wildman–Crippen MR) is 79.8 cm³/mol. The van der Waals surface area contributed by atoms with Crippen LogP contribution in [0.25, 0.3) is 10.9 Å². The van der Waals surface area contributed by atoms with Gasteiger partial charge in [0.2, 0.25) is 0 Å². The van der Waals surface area contributed by atoms with Crippen LogP contribution in [0.4, 0.5) is 13.2 Å². The average Bonchev–Trinajstić information content (AvgIpc) is 2.43. The molecule has 2 rings (SSSR count). The Hall–Kier alpha value is -1.90. The largest absolute Gasteiger partial charge is 0.416 e. The highest BCUT2D eigenvalue weighted by Gasteiger charge is 2.30. The first-order valence-corrected chi connectivity index (χ1v) is 8.75. The normalized spacial score (nSPS) is 12.7. The van der Waals surface area contributed by atoms with Gasteiger partial charge in [-0.2, -0.15) is 13.2 Å². The maximum absolute atomic E-state index is 12.7. The Balaban J connectivity index is 2.45. The van der Waals surface area contributed by atoms with E-state index in [4.69, 9.17) is 0 Å². The smallest absolute Gasteiger partial charge is 0.309 e. The third-order valence-corrected chi connectivity index (χ3v) is 4.87. The van der Waals surface area contributed by atoms with Gasteiger partial charge in [0, 0.05) is 0 Å². The Morgan fingerprint density at radius 1 is 1.26 bits per heavy atom. The number of nitrogens with zero attached hydrogens (tertiary/aromatic N) is 1. The topological polar surface area (TPSA) is 79.9 Å². The molecule has 0 aliphatic rings. The summed E-state index contributed by atoms with van der Waals surface area (Å²) in [5.41, 5.74) is -1.78. The molecule has 126 valence electrons. The number of hydrogen-bond acceptors (Lipinski definition) is 4. The molecule has 1 heterocycles. The number of hydrogen-bond donors (Lipinski definition) is 1. The number of aromatic nitrogens is 2. The molecule has 23 heavy (non-hydrogen) atoms. The molecule has 1 aromatic heterocycles. The van der Waals surface area contributed by atoms with Crippen molar-refractivity contribution in [2.24, 2.45) is 0 Å². The number of benzene rings is 1. The lowest BCUT2D eigenvalue weighted by Gasteiger charge is -2.08. The first-order valence-electron chi connectivity index (χ1n) is 6.93. The van der Waals surface area contributed by atoms with Crippen molar-refractivity contribution in [1.82, 2.24) is 9.97 Å². The lowest BCUT2D eigenvalue weighted by molar-refractivity contribution is -0.137. The van der Waals surface area contributed by atoms with Crippen molar-refractivity contribution >= 4 is 20.7 Å². The van der Waals surface area contributed by atoms with Gasteiger partial charge in [0.1, 0.15) is 11.6 Å². The van der Waals surface area contributed by atoms with Crippen molar-refractivity contribution in [3.05, 3.63) is 39.9 Å². The summed E-state index contributed by atoms with van der Waals surface area (Å²) in [5, 5.41) is -0.0206. The fraction of sp³-hybridized carbons (Fsp3) is 0.429. The summed E-state index contributed by atoms with van der Waals surface area (Å²) in [5.74, 6) is -0.722. The molecule has 0 bridgehead atoms. The standard InChI is InChI=1S/C14H15F3N2O3S/c1-2-3-6-23(21,22)8-12-18-11-7-9(14(15,16)17)4-5-10(11)13(20)19-12/h4-5,7H,2-3,6,8H2,1H3,(H,18,19,20). The lowest BCUT2D eigenvalue weighted by Crippen LogP contribution is -2.17. The second-order valence-electron chi connectivity index (χ2n) is 5.19. The van der Waals surface area contributed by atoms with Gasteiger partial charge in [-0.05, 0) is 24.6 Å². The van der Waals surface area contributed by atoms with Crippen molar-refractivity contribution in [1.29, 1.82) is 0 Å². The SMILES string of the molecule is CCCCS(=O)(=O)Cc1nc2cc(C(F)(F)F)ccc2c(=O)[nH]1. The van der Waals surface area contributed by atoms with E-state index in [2.05, 4.69) is 9.97 Å². The fourth-order valence-electron chi connectivity index (χ4n) is 2.08. The molecule has 0 saturated carbocycles. The summed E-state index contributed by atoms with van der Waals surface area (Å²) in [4.78, 5) is 18.1. The zero-order valence-electron chi connectivity index (χ0n) is 12.3. The Morgan fingerprint density at radius 3 is 2.57 bits per heavy atom. The minimum absolute atomic E-state index is 0.0206. The van der Waals surface area contributed by atoms with E-state index in [-0.39, 0.29) is 22.5 Å². The first kappa shape index (κ1) is 17.5. The minimum atomic E-state index is -4.56. The third-order valence-electron chi connectivity index (χ3n) is 3.25. The van der Waals surface area contributed by atoms with Crippen LogP contribution in [0.15, 0.2) is 23.0 Å². The van der Waals surface area contributed by atoms with Crippen LogP contribution in [0.3, 0.4) is 0 Å². The van der Waals surface area contributed by atoms with Crippen molar-refractivity contribution < 1.29 is 21.6 Å². The molecule has 0 spiro atoms. The molecule has 0 amide bonds. The van der Waals surface area contributed by atoms with Crippen LogP contribution in [0, 0.1) is 0 Å². The summed E-state index contributed by atoms with van der Waals surface area (Å²) in [6.07, 6.45) is -3.40. The zero-order valence-corrected chi connectivity index (χ0v) is 13.1. The molecular weight excluding hydrogens is 333 g/mol. The van der Waals surface area contributed by atoms with Crippen LogP contribution >= 0.6 is 0 Å². The highest BCUT2D eigenvalue weighted by Crippen LogP contribution is 2.30. The van der Waals surface area contributed by atoms with E-state index in [9.17, 15) is 26.4 Å². The second-order valence-corrected chi connectivity index (χ2v) is 7.37. The average molecular weight is 348 g/mol. The molecule has 0 fully saturated rings. The molecule has 1 N–H and O–H groups in total. The second kappa shape index (κ2) is 6.31. The van der Waals surface area contributed by atoms with Gasteiger partial charge in [0.15, 0.2) is 9.84 Å². The third kappa shape index (κ3) is 4.31. The van der Waals surface area contributed by atoms with Crippen molar-refractivity contribution in [3.63, 3.8) is 0 Å². The monoisotopic (exact) mass is 348 g/mol. The van der Waals surface area contributed by atoms with Gasteiger partial charge in [-0.15, -0.1) is 0 Å². The Kier molecular flexibility index (Phi) is 4.79. The van der Waals surface area contributed by atoms with Gasteiger partial charge in [0.05, 0.1) is 22.2 Å². The highest BCUT2D eigenvalue weighted by molar-refractivity contribution is 7.90. The lowest BCUT2D eigenvalue weighted by atomic mass is 10.1. The fourth-order valence-corrected chi connectivity index (χ4v) is 3.50. The van der Waals surface area contributed by atoms with E-state index < -0.39 is 32.9 Å². The van der Waals surface area contributed by atoms with Gasteiger partial charge in [-0.3, -0.25) is 4.79 Å². The Morgan fingerprint density at radius 2 is 1.96 bits per heavy atom. The number of nitrogens with one attached hydrogen (secondary N) is 1. The van der Waals surface area contributed by atoms with Crippen molar-refractivity contribution in [2.45, 2.75) is 31.7 Å². The molecule has 0 radical (unpaired) electrons. The molecular formula is C14H15F3N2O3S. The molecule has 0 aliphatic carbocycles. The van der Waals surface area contributed by atoms with Crippen LogP contribution in [0.1, 0.15) is 31.2 Å². The number of rotatable bonds is 5. The minimum Gasteiger partial charge on any atom is -0.309 e. The molecule has 0 unspecified atom stereocenters. The van der Waals surface area contributed by atoms with E-state index in [0.29, 0.717) is 12.8 Å². The highest BCUT2D eigenvalue weighted by atomic mass is 32.2. The number of H-pyrrole nitrogens is 1. The maximum Gasteiger partial charge on any atom is 0.416 e. The van der Waals surface area contributed by atoms with Gasteiger partial charge in [0.25, 0.3) is 5.56 Å². The first-order chi connectivity index (χ1) is 10.6. The number of fused-ring (bicyclic) bond motifs is 1. The number of unbranched alkanes of at least 4 members (excludes halogenated alkanes) is 1. The van der Waals surface area contributed by atoms with Gasteiger partial charge in [-0.25, -0.2) is 13.4 Å². The number of alkyl halides is 3. The molecule has 0 atom stereocenters. The predicted octanol–water partition coefficient (Wildman–Crippen LogP) is 2.66. The van der Waals surface area contributed by atoms with E-state index in [1.807, 2.05) is 6.92 Å². The van der Waals surface area contributed by atoms with Crippen LogP contribution in [0.2, 0.25) is 0 Å². The molecule has 0 saturated heterocycles. The van der Waals surface area contributed by atoms with E-state index in [0.717, 1.165) is 18.2 Å². The van der Waals surface area contributed by atoms with Crippen LogP contribution in [0.5, 0.6) is 0 Å².